The van der Waals surface area contributed by atoms with E-state index in [-0.39, 0.29) is 5.91 Å². The Hall–Kier alpha value is -1.55. The summed E-state index contributed by atoms with van der Waals surface area (Å²) in [5, 5.41) is 3.41. The lowest BCUT2D eigenvalue weighted by molar-refractivity contribution is 0.0772. The molecule has 0 aliphatic carbocycles. The Labute approximate surface area is 113 Å². The monoisotopic (exact) mass is 260 g/mol. The summed E-state index contributed by atoms with van der Waals surface area (Å²) >= 11 is 0. The van der Waals surface area contributed by atoms with Gasteiger partial charge in [-0.25, -0.2) is 0 Å². The number of likely N-dealkylation sites (tertiary alicyclic amines) is 1. The molecule has 4 nitrogen and oxygen atoms in total. The maximum atomic E-state index is 12.6. The van der Waals surface area contributed by atoms with Gasteiger partial charge in [0.1, 0.15) is 5.75 Å². The highest BCUT2D eigenvalue weighted by Gasteiger charge is 2.42. The van der Waals surface area contributed by atoms with Crippen molar-refractivity contribution in [2.75, 3.05) is 33.3 Å². The molecule has 1 atom stereocenters. The zero-order chi connectivity index (χ0) is 13.3. The van der Waals surface area contributed by atoms with E-state index in [1.54, 1.807) is 7.11 Å². The minimum Gasteiger partial charge on any atom is -0.496 e. The molecule has 1 amide bonds. The molecule has 1 N–H and O–H groups in total. The first-order chi connectivity index (χ1) is 9.24. The Morgan fingerprint density at radius 3 is 2.95 bits per heavy atom. The zero-order valence-electron chi connectivity index (χ0n) is 11.3. The van der Waals surface area contributed by atoms with E-state index < -0.39 is 0 Å². The number of methoxy groups -OCH3 is 1. The highest BCUT2D eigenvalue weighted by atomic mass is 16.5. The van der Waals surface area contributed by atoms with E-state index in [2.05, 4.69) is 5.32 Å². The second-order valence-electron chi connectivity index (χ2n) is 5.60. The van der Waals surface area contributed by atoms with Crippen molar-refractivity contribution in [3.05, 3.63) is 29.8 Å². The van der Waals surface area contributed by atoms with Gasteiger partial charge >= 0.3 is 0 Å². The highest BCUT2D eigenvalue weighted by Crippen LogP contribution is 2.37. The largest absolute Gasteiger partial charge is 0.496 e. The summed E-state index contributed by atoms with van der Waals surface area (Å²) in [6, 6.07) is 7.47. The van der Waals surface area contributed by atoms with E-state index in [0.717, 1.165) is 32.6 Å². The Bertz CT molecular complexity index is 481. The number of ether oxygens (including phenoxy) is 1. The summed E-state index contributed by atoms with van der Waals surface area (Å²) in [6.45, 7) is 3.86. The standard InChI is InChI=1S/C15H20N2O2/c1-19-13-5-3-2-4-12(13)14(18)17-9-7-15(11-17)6-8-16-10-15/h2-5,16H,6-11H2,1H3. The third-order valence-electron chi connectivity index (χ3n) is 4.40. The predicted molar refractivity (Wildman–Crippen MR) is 73.4 cm³/mol. The van der Waals surface area contributed by atoms with Crippen molar-refractivity contribution in [1.29, 1.82) is 0 Å². The van der Waals surface area contributed by atoms with E-state index in [4.69, 9.17) is 4.74 Å². The van der Waals surface area contributed by atoms with Crippen LogP contribution in [0.15, 0.2) is 24.3 Å². The van der Waals surface area contributed by atoms with Crippen molar-refractivity contribution in [1.82, 2.24) is 10.2 Å². The van der Waals surface area contributed by atoms with Gasteiger partial charge in [-0.3, -0.25) is 4.79 Å². The van der Waals surface area contributed by atoms with Crippen molar-refractivity contribution < 1.29 is 9.53 Å². The molecule has 0 radical (unpaired) electrons. The average Bonchev–Trinajstić information content (AvgIpc) is 3.09. The minimum absolute atomic E-state index is 0.0984. The molecule has 4 heteroatoms. The van der Waals surface area contributed by atoms with Crippen LogP contribution in [-0.4, -0.2) is 44.1 Å². The van der Waals surface area contributed by atoms with Gasteiger partial charge in [0.15, 0.2) is 0 Å². The number of hydrogen-bond donors (Lipinski definition) is 1. The van der Waals surface area contributed by atoms with Gasteiger partial charge < -0.3 is 15.0 Å². The smallest absolute Gasteiger partial charge is 0.257 e. The Morgan fingerprint density at radius 2 is 2.21 bits per heavy atom. The highest BCUT2D eigenvalue weighted by molar-refractivity contribution is 5.97. The lowest BCUT2D eigenvalue weighted by Gasteiger charge is -2.23. The molecule has 102 valence electrons. The van der Waals surface area contributed by atoms with Crippen LogP contribution in [0.3, 0.4) is 0 Å². The van der Waals surface area contributed by atoms with Gasteiger partial charge in [-0.2, -0.15) is 0 Å². The van der Waals surface area contributed by atoms with Gasteiger partial charge in [0.05, 0.1) is 12.7 Å². The van der Waals surface area contributed by atoms with E-state index in [1.807, 2.05) is 29.2 Å². The molecule has 3 rings (SSSR count). The summed E-state index contributed by atoms with van der Waals surface area (Å²) in [5.41, 5.74) is 0.991. The number of hydrogen-bond acceptors (Lipinski definition) is 3. The second kappa shape index (κ2) is 4.85. The summed E-state index contributed by atoms with van der Waals surface area (Å²) in [5.74, 6) is 0.763. The van der Waals surface area contributed by atoms with Gasteiger partial charge in [0.2, 0.25) is 0 Å². The Kier molecular flexibility index (Phi) is 3.19. The molecule has 1 aromatic rings. The number of rotatable bonds is 2. The van der Waals surface area contributed by atoms with Crippen LogP contribution >= 0.6 is 0 Å². The van der Waals surface area contributed by atoms with Crippen molar-refractivity contribution in [3.8, 4) is 5.75 Å². The molecule has 0 bridgehead atoms. The quantitative estimate of drug-likeness (QED) is 0.876. The molecule has 19 heavy (non-hydrogen) atoms. The molecule has 2 fully saturated rings. The fraction of sp³-hybridized carbons (Fsp3) is 0.533. The maximum Gasteiger partial charge on any atom is 0.257 e. The van der Waals surface area contributed by atoms with Crippen molar-refractivity contribution in [2.45, 2.75) is 12.8 Å². The number of nitrogens with zero attached hydrogens (tertiary/aromatic N) is 1. The SMILES string of the molecule is COc1ccccc1C(=O)N1CCC2(CCNC2)C1. The fourth-order valence-corrected chi connectivity index (χ4v) is 3.24. The summed E-state index contributed by atoms with van der Waals surface area (Å²) in [7, 11) is 1.61. The molecular formula is C15H20N2O2. The van der Waals surface area contributed by atoms with Crippen LogP contribution < -0.4 is 10.1 Å². The van der Waals surface area contributed by atoms with Crippen LogP contribution in [0.4, 0.5) is 0 Å². The van der Waals surface area contributed by atoms with Gasteiger partial charge in [-0.1, -0.05) is 12.1 Å². The van der Waals surface area contributed by atoms with Crippen LogP contribution in [0.5, 0.6) is 5.75 Å². The molecule has 2 aliphatic heterocycles. The first-order valence-corrected chi connectivity index (χ1v) is 6.87. The topological polar surface area (TPSA) is 41.6 Å². The van der Waals surface area contributed by atoms with Crippen molar-refractivity contribution in [3.63, 3.8) is 0 Å². The predicted octanol–water partition coefficient (Wildman–Crippen LogP) is 1.52. The normalized spacial score (nSPS) is 26.1. The third-order valence-corrected chi connectivity index (χ3v) is 4.40. The number of nitrogens with one attached hydrogen (secondary N) is 1. The number of amides is 1. The molecule has 1 spiro atoms. The maximum absolute atomic E-state index is 12.6. The number of carbonyl (C=O) groups is 1. The van der Waals surface area contributed by atoms with E-state index in [9.17, 15) is 4.79 Å². The lowest BCUT2D eigenvalue weighted by Crippen LogP contribution is -2.33. The van der Waals surface area contributed by atoms with Crippen LogP contribution in [0.2, 0.25) is 0 Å². The van der Waals surface area contributed by atoms with Crippen LogP contribution in [-0.2, 0) is 0 Å². The molecule has 0 saturated carbocycles. The minimum atomic E-state index is 0.0984. The van der Waals surface area contributed by atoms with E-state index in [0.29, 0.717) is 16.7 Å². The van der Waals surface area contributed by atoms with Gasteiger partial charge in [0, 0.05) is 25.0 Å². The second-order valence-corrected chi connectivity index (χ2v) is 5.60. The molecule has 0 aromatic heterocycles. The van der Waals surface area contributed by atoms with Crippen LogP contribution in [0, 0.1) is 5.41 Å². The number of carbonyl (C=O) groups excluding carboxylic acids is 1. The molecule has 2 heterocycles. The number of benzene rings is 1. The number of para-hydroxylation sites is 1. The summed E-state index contributed by atoms with van der Waals surface area (Å²) < 4.78 is 5.28. The lowest BCUT2D eigenvalue weighted by atomic mass is 9.86. The Balaban J connectivity index is 1.78. The molecule has 1 unspecified atom stereocenters. The van der Waals surface area contributed by atoms with E-state index >= 15 is 0 Å². The summed E-state index contributed by atoms with van der Waals surface area (Å²) in [4.78, 5) is 14.6. The van der Waals surface area contributed by atoms with Crippen LogP contribution in [0.1, 0.15) is 23.2 Å². The molecule has 2 saturated heterocycles. The van der Waals surface area contributed by atoms with Crippen molar-refractivity contribution in [2.24, 2.45) is 5.41 Å². The zero-order valence-corrected chi connectivity index (χ0v) is 11.3. The van der Waals surface area contributed by atoms with Crippen molar-refractivity contribution >= 4 is 5.91 Å². The van der Waals surface area contributed by atoms with Gasteiger partial charge in [0.25, 0.3) is 5.91 Å². The van der Waals surface area contributed by atoms with Gasteiger partial charge in [-0.15, -0.1) is 0 Å². The van der Waals surface area contributed by atoms with Gasteiger partial charge in [-0.05, 0) is 31.5 Å². The first-order valence-electron chi connectivity index (χ1n) is 6.87. The summed E-state index contributed by atoms with van der Waals surface area (Å²) in [6.07, 6.45) is 2.30. The van der Waals surface area contributed by atoms with Crippen LogP contribution in [0.25, 0.3) is 0 Å². The van der Waals surface area contributed by atoms with E-state index in [1.165, 1.54) is 6.42 Å². The third kappa shape index (κ3) is 2.21. The Morgan fingerprint density at radius 1 is 1.37 bits per heavy atom. The fourth-order valence-electron chi connectivity index (χ4n) is 3.24. The average molecular weight is 260 g/mol. The first kappa shape index (κ1) is 12.5. The molecular weight excluding hydrogens is 240 g/mol. The molecule has 1 aromatic carbocycles. The molecule has 2 aliphatic rings.